The van der Waals surface area contributed by atoms with E-state index in [1.807, 2.05) is 0 Å². The molecule has 0 aliphatic rings. The van der Waals surface area contributed by atoms with Crippen molar-refractivity contribution in [2.45, 2.75) is 5.03 Å². The first kappa shape index (κ1) is 9.34. The summed E-state index contributed by atoms with van der Waals surface area (Å²) in [5, 5.41) is -1.09. The number of halogens is 3. The summed E-state index contributed by atoms with van der Waals surface area (Å²) in [5.74, 6) is -2.28. The third-order valence-electron chi connectivity index (χ3n) is 1.01. The van der Waals surface area contributed by atoms with E-state index in [4.69, 9.17) is 10.7 Å². The Morgan fingerprint density at radius 2 is 1.92 bits per heavy atom. The van der Waals surface area contributed by atoms with Gasteiger partial charge in [-0.3, -0.25) is 0 Å². The highest BCUT2D eigenvalue weighted by Gasteiger charge is 2.18. The van der Waals surface area contributed by atoms with E-state index in [1.54, 1.807) is 0 Å². The van der Waals surface area contributed by atoms with Gasteiger partial charge in [-0.05, 0) is 12.1 Å². The van der Waals surface area contributed by atoms with Crippen molar-refractivity contribution in [2.24, 2.45) is 0 Å². The van der Waals surface area contributed by atoms with Crippen molar-refractivity contribution < 1.29 is 17.2 Å². The molecule has 0 spiro atoms. The average Bonchev–Trinajstić information content (AvgIpc) is 1.92. The SMILES string of the molecule is O=S(=O)(Cl)c1nc(F)ccc1F. The van der Waals surface area contributed by atoms with Crippen molar-refractivity contribution in [1.29, 1.82) is 0 Å². The molecule has 0 aromatic carbocycles. The number of pyridine rings is 1. The Bertz CT molecular complexity index is 406. The van der Waals surface area contributed by atoms with E-state index in [2.05, 4.69) is 4.98 Å². The summed E-state index contributed by atoms with van der Waals surface area (Å²) in [4.78, 5) is 2.78. The summed E-state index contributed by atoms with van der Waals surface area (Å²) >= 11 is 0. The predicted molar refractivity (Wildman–Crippen MR) is 37.2 cm³/mol. The van der Waals surface area contributed by atoms with Gasteiger partial charge in [-0.2, -0.15) is 4.39 Å². The second kappa shape index (κ2) is 2.95. The van der Waals surface area contributed by atoms with Crippen molar-refractivity contribution in [2.75, 3.05) is 0 Å². The molecule has 1 aromatic heterocycles. The van der Waals surface area contributed by atoms with Gasteiger partial charge in [0.05, 0.1) is 0 Å². The van der Waals surface area contributed by atoms with E-state index in [0.717, 1.165) is 0 Å². The van der Waals surface area contributed by atoms with Crippen LogP contribution >= 0.6 is 10.7 Å². The van der Waals surface area contributed by atoms with Gasteiger partial charge in [-0.1, -0.05) is 0 Å². The van der Waals surface area contributed by atoms with Crippen molar-refractivity contribution in [1.82, 2.24) is 4.98 Å². The maximum absolute atomic E-state index is 12.6. The van der Waals surface area contributed by atoms with E-state index in [9.17, 15) is 17.2 Å². The zero-order valence-corrected chi connectivity index (χ0v) is 7.03. The normalized spacial score (nSPS) is 11.6. The second-order valence-corrected chi connectivity index (χ2v) is 4.34. The quantitative estimate of drug-likeness (QED) is 0.522. The molecular formula is C5H2ClF2NO2S. The number of aromatic nitrogens is 1. The molecule has 0 aliphatic heterocycles. The van der Waals surface area contributed by atoms with Gasteiger partial charge in [0.1, 0.15) is 0 Å². The molecule has 3 nitrogen and oxygen atoms in total. The zero-order chi connectivity index (χ0) is 9.35. The lowest BCUT2D eigenvalue weighted by Gasteiger charge is -1.95. The topological polar surface area (TPSA) is 47.0 Å². The molecule has 0 saturated carbocycles. The molecule has 7 heteroatoms. The minimum atomic E-state index is -4.31. The van der Waals surface area contributed by atoms with Crippen LogP contribution in [0.15, 0.2) is 17.2 Å². The van der Waals surface area contributed by atoms with Crippen LogP contribution in [0.5, 0.6) is 0 Å². The van der Waals surface area contributed by atoms with Crippen LogP contribution in [0.3, 0.4) is 0 Å². The predicted octanol–water partition coefficient (Wildman–Crippen LogP) is 1.29. The molecule has 66 valence electrons. The maximum Gasteiger partial charge on any atom is 0.281 e. The first-order valence-electron chi connectivity index (χ1n) is 2.68. The summed E-state index contributed by atoms with van der Waals surface area (Å²) in [6, 6.07) is 1.33. The molecule has 1 aromatic rings. The molecule has 0 saturated heterocycles. The first-order chi connectivity index (χ1) is 5.41. The van der Waals surface area contributed by atoms with Gasteiger partial charge in [0.15, 0.2) is 5.82 Å². The van der Waals surface area contributed by atoms with Gasteiger partial charge in [-0.25, -0.2) is 17.8 Å². The van der Waals surface area contributed by atoms with Crippen LogP contribution in [0.2, 0.25) is 0 Å². The average molecular weight is 214 g/mol. The standard InChI is InChI=1S/C5H2ClF2NO2S/c6-12(10,11)5-3(7)1-2-4(8)9-5/h1-2H. The van der Waals surface area contributed by atoms with Crippen molar-refractivity contribution in [3.63, 3.8) is 0 Å². The molecule has 0 fully saturated rings. The highest BCUT2D eigenvalue weighted by atomic mass is 35.7. The summed E-state index contributed by atoms with van der Waals surface area (Å²) in [5.41, 5.74) is 0. The molecule has 1 heterocycles. The van der Waals surface area contributed by atoms with Crippen molar-refractivity contribution in [3.8, 4) is 0 Å². The fourth-order valence-corrected chi connectivity index (χ4v) is 1.39. The minimum absolute atomic E-state index is 0.637. The molecule has 0 N–H and O–H groups in total. The fourth-order valence-electron chi connectivity index (χ4n) is 0.572. The lowest BCUT2D eigenvalue weighted by molar-refractivity contribution is 0.517. The zero-order valence-electron chi connectivity index (χ0n) is 5.46. The third kappa shape index (κ3) is 1.89. The molecule has 0 radical (unpaired) electrons. The van der Waals surface area contributed by atoms with Crippen LogP contribution in [-0.2, 0) is 9.05 Å². The monoisotopic (exact) mass is 213 g/mol. The first-order valence-corrected chi connectivity index (χ1v) is 4.99. The Morgan fingerprint density at radius 3 is 2.33 bits per heavy atom. The molecule has 0 unspecified atom stereocenters. The lowest BCUT2D eigenvalue weighted by atomic mass is 10.5. The number of hydrogen-bond acceptors (Lipinski definition) is 3. The van der Waals surface area contributed by atoms with Crippen molar-refractivity contribution in [3.05, 3.63) is 23.9 Å². The van der Waals surface area contributed by atoms with Crippen LogP contribution in [0.4, 0.5) is 8.78 Å². The van der Waals surface area contributed by atoms with E-state index in [1.165, 1.54) is 0 Å². The minimum Gasteiger partial charge on any atom is -0.205 e. The smallest absolute Gasteiger partial charge is 0.205 e. The lowest BCUT2D eigenvalue weighted by Crippen LogP contribution is -2.00. The highest BCUT2D eigenvalue weighted by molar-refractivity contribution is 8.13. The summed E-state index contributed by atoms with van der Waals surface area (Å²) in [6.45, 7) is 0. The van der Waals surface area contributed by atoms with Crippen LogP contribution in [0.1, 0.15) is 0 Å². The van der Waals surface area contributed by atoms with Gasteiger partial charge in [0.2, 0.25) is 11.0 Å². The van der Waals surface area contributed by atoms with E-state index >= 15 is 0 Å². The van der Waals surface area contributed by atoms with Gasteiger partial charge >= 0.3 is 0 Å². The molecule has 12 heavy (non-hydrogen) atoms. The summed E-state index contributed by atoms with van der Waals surface area (Å²) < 4.78 is 45.9. The third-order valence-corrected chi connectivity index (χ3v) is 2.20. The molecule has 0 bridgehead atoms. The van der Waals surface area contributed by atoms with E-state index in [0.29, 0.717) is 12.1 Å². The number of rotatable bonds is 1. The van der Waals surface area contributed by atoms with Crippen LogP contribution in [-0.4, -0.2) is 13.4 Å². The largest absolute Gasteiger partial charge is 0.281 e. The summed E-state index contributed by atoms with van der Waals surface area (Å²) in [7, 11) is 0.429. The molecular weight excluding hydrogens is 212 g/mol. The Hall–Kier alpha value is -0.750. The number of nitrogens with zero attached hydrogens (tertiary/aromatic N) is 1. The Kier molecular flexibility index (Phi) is 2.29. The Labute approximate surface area is 71.4 Å². The van der Waals surface area contributed by atoms with Gasteiger partial charge in [0, 0.05) is 10.7 Å². The molecule has 1 rings (SSSR count). The second-order valence-electron chi connectivity index (χ2n) is 1.86. The van der Waals surface area contributed by atoms with Crippen LogP contribution in [0.25, 0.3) is 0 Å². The Balaban J connectivity index is 3.43. The maximum atomic E-state index is 12.6. The van der Waals surface area contributed by atoms with E-state index < -0.39 is 25.8 Å². The van der Waals surface area contributed by atoms with Gasteiger partial charge < -0.3 is 0 Å². The van der Waals surface area contributed by atoms with Crippen LogP contribution in [0, 0.1) is 11.8 Å². The van der Waals surface area contributed by atoms with Crippen LogP contribution < -0.4 is 0 Å². The van der Waals surface area contributed by atoms with Gasteiger partial charge in [0.25, 0.3) is 9.05 Å². The molecule has 0 atom stereocenters. The van der Waals surface area contributed by atoms with Gasteiger partial charge in [-0.15, -0.1) is 0 Å². The fraction of sp³-hybridized carbons (Fsp3) is 0. The molecule has 0 amide bonds. The van der Waals surface area contributed by atoms with E-state index in [-0.39, 0.29) is 0 Å². The highest BCUT2D eigenvalue weighted by Crippen LogP contribution is 2.15. The number of hydrogen-bond donors (Lipinski definition) is 0. The van der Waals surface area contributed by atoms with Crippen molar-refractivity contribution >= 4 is 19.7 Å². The Morgan fingerprint density at radius 1 is 1.33 bits per heavy atom. The molecule has 0 aliphatic carbocycles. The summed E-state index contributed by atoms with van der Waals surface area (Å²) in [6.07, 6.45) is 0.